The summed E-state index contributed by atoms with van der Waals surface area (Å²) in [7, 11) is 0. The third-order valence-corrected chi connectivity index (χ3v) is 4.19. The summed E-state index contributed by atoms with van der Waals surface area (Å²) in [6.45, 7) is -0.0427. The molecule has 26 heavy (non-hydrogen) atoms. The number of esters is 1. The quantitative estimate of drug-likeness (QED) is 0.732. The standard InChI is InChI=1S/C19H16N4O3/c24-18-10-15(14-8-4-5-9-16(14)21-18)19(25)26-11-17-20-12-23(22-17)13-6-2-1-3-7-13/h1-9,12,15H,10-11H2,(H,21,24). The summed E-state index contributed by atoms with van der Waals surface area (Å²) in [5.41, 5.74) is 2.28. The van der Waals surface area contributed by atoms with Gasteiger partial charge in [0, 0.05) is 12.1 Å². The van der Waals surface area contributed by atoms with E-state index in [1.165, 1.54) is 0 Å². The lowest BCUT2D eigenvalue weighted by Crippen LogP contribution is -2.28. The predicted molar refractivity (Wildman–Crippen MR) is 93.6 cm³/mol. The molecule has 1 amide bonds. The molecule has 3 aromatic rings. The molecule has 1 atom stereocenters. The van der Waals surface area contributed by atoms with Crippen LogP contribution in [0.3, 0.4) is 0 Å². The van der Waals surface area contributed by atoms with E-state index in [1.54, 1.807) is 17.1 Å². The van der Waals surface area contributed by atoms with Crippen LogP contribution in [-0.2, 0) is 20.9 Å². The summed E-state index contributed by atoms with van der Waals surface area (Å²) in [6, 6.07) is 16.8. The van der Waals surface area contributed by atoms with Crippen molar-refractivity contribution in [1.82, 2.24) is 14.8 Å². The van der Waals surface area contributed by atoms with Gasteiger partial charge in [-0.2, -0.15) is 0 Å². The molecule has 0 aliphatic carbocycles. The molecule has 0 fully saturated rings. The number of benzene rings is 2. The van der Waals surface area contributed by atoms with Gasteiger partial charge in [0.1, 0.15) is 6.33 Å². The van der Waals surface area contributed by atoms with Gasteiger partial charge in [-0.05, 0) is 23.8 Å². The van der Waals surface area contributed by atoms with E-state index < -0.39 is 11.9 Å². The molecule has 130 valence electrons. The smallest absolute Gasteiger partial charge is 0.314 e. The van der Waals surface area contributed by atoms with E-state index in [9.17, 15) is 9.59 Å². The van der Waals surface area contributed by atoms with E-state index in [2.05, 4.69) is 15.4 Å². The molecule has 1 aliphatic heterocycles. The first kappa shape index (κ1) is 16.0. The number of rotatable bonds is 4. The van der Waals surface area contributed by atoms with Crippen molar-refractivity contribution in [1.29, 1.82) is 0 Å². The Morgan fingerprint density at radius 3 is 2.77 bits per heavy atom. The van der Waals surface area contributed by atoms with Crippen molar-refractivity contribution in [3.63, 3.8) is 0 Å². The number of para-hydroxylation sites is 2. The first-order valence-electron chi connectivity index (χ1n) is 8.22. The second-order valence-corrected chi connectivity index (χ2v) is 5.94. The number of nitrogens with zero attached hydrogens (tertiary/aromatic N) is 3. The lowest BCUT2D eigenvalue weighted by molar-refractivity contribution is -0.148. The molecule has 0 bridgehead atoms. The van der Waals surface area contributed by atoms with Crippen molar-refractivity contribution < 1.29 is 14.3 Å². The number of ether oxygens (including phenoxy) is 1. The number of fused-ring (bicyclic) bond motifs is 1. The molecule has 1 N–H and O–H groups in total. The van der Waals surface area contributed by atoms with E-state index in [0.717, 1.165) is 11.3 Å². The van der Waals surface area contributed by atoms with Crippen LogP contribution < -0.4 is 5.32 Å². The Labute approximate surface area is 149 Å². The van der Waals surface area contributed by atoms with Gasteiger partial charge in [-0.1, -0.05) is 36.4 Å². The first-order valence-corrected chi connectivity index (χ1v) is 8.22. The monoisotopic (exact) mass is 348 g/mol. The number of nitrogens with one attached hydrogen (secondary N) is 1. The van der Waals surface area contributed by atoms with Crippen LogP contribution >= 0.6 is 0 Å². The van der Waals surface area contributed by atoms with Crippen molar-refractivity contribution >= 4 is 17.6 Å². The zero-order valence-corrected chi connectivity index (χ0v) is 13.8. The third kappa shape index (κ3) is 3.19. The minimum atomic E-state index is -0.615. The average molecular weight is 348 g/mol. The van der Waals surface area contributed by atoms with Crippen molar-refractivity contribution in [2.45, 2.75) is 18.9 Å². The van der Waals surface area contributed by atoms with Gasteiger partial charge in [0.05, 0.1) is 11.6 Å². The van der Waals surface area contributed by atoms with Crippen LogP contribution in [0.2, 0.25) is 0 Å². The fraction of sp³-hybridized carbons (Fsp3) is 0.158. The summed E-state index contributed by atoms with van der Waals surface area (Å²) in [4.78, 5) is 28.5. The van der Waals surface area contributed by atoms with Crippen molar-refractivity contribution in [2.24, 2.45) is 0 Å². The molecule has 0 radical (unpaired) electrons. The Kier molecular flexibility index (Phi) is 4.18. The van der Waals surface area contributed by atoms with Gasteiger partial charge in [-0.25, -0.2) is 9.67 Å². The Morgan fingerprint density at radius 1 is 1.15 bits per heavy atom. The molecule has 7 heteroatoms. The maximum absolute atomic E-state index is 12.5. The summed E-state index contributed by atoms with van der Waals surface area (Å²) < 4.78 is 6.98. The summed E-state index contributed by atoms with van der Waals surface area (Å²) in [6.07, 6.45) is 1.64. The summed E-state index contributed by atoms with van der Waals surface area (Å²) >= 11 is 0. The number of hydrogen-bond donors (Lipinski definition) is 1. The molecular weight excluding hydrogens is 332 g/mol. The molecule has 4 rings (SSSR count). The lowest BCUT2D eigenvalue weighted by atomic mass is 9.91. The van der Waals surface area contributed by atoms with Crippen LogP contribution in [0, 0.1) is 0 Å². The van der Waals surface area contributed by atoms with E-state index in [4.69, 9.17) is 4.74 Å². The Hall–Kier alpha value is -3.48. The van der Waals surface area contributed by atoms with Gasteiger partial charge in [0.2, 0.25) is 5.91 Å². The summed E-state index contributed by atoms with van der Waals surface area (Å²) in [5, 5.41) is 7.07. The maximum Gasteiger partial charge on any atom is 0.314 e. The molecule has 2 heterocycles. The van der Waals surface area contributed by atoms with Crippen molar-refractivity contribution in [3.8, 4) is 5.69 Å². The topological polar surface area (TPSA) is 86.1 Å². The van der Waals surface area contributed by atoms with Crippen LogP contribution in [-0.4, -0.2) is 26.6 Å². The van der Waals surface area contributed by atoms with Gasteiger partial charge in [0.15, 0.2) is 12.4 Å². The number of anilines is 1. The first-order chi connectivity index (χ1) is 12.7. The van der Waals surface area contributed by atoms with Crippen LogP contribution in [0.1, 0.15) is 23.7 Å². The van der Waals surface area contributed by atoms with Crippen molar-refractivity contribution in [3.05, 3.63) is 72.3 Å². The molecule has 7 nitrogen and oxygen atoms in total. The average Bonchev–Trinajstić information content (AvgIpc) is 3.15. The molecule has 2 aromatic carbocycles. The minimum absolute atomic E-state index is 0.0427. The molecule has 0 saturated carbocycles. The van der Waals surface area contributed by atoms with Crippen molar-refractivity contribution in [2.75, 3.05) is 5.32 Å². The van der Waals surface area contributed by atoms with Gasteiger partial charge >= 0.3 is 5.97 Å². The zero-order chi connectivity index (χ0) is 17.9. The highest BCUT2D eigenvalue weighted by atomic mass is 16.5. The lowest BCUT2D eigenvalue weighted by Gasteiger charge is -2.23. The maximum atomic E-state index is 12.5. The Balaban J connectivity index is 1.45. The molecule has 1 aromatic heterocycles. The minimum Gasteiger partial charge on any atom is -0.457 e. The number of hydrogen-bond acceptors (Lipinski definition) is 5. The molecule has 1 unspecified atom stereocenters. The highest BCUT2D eigenvalue weighted by molar-refractivity contribution is 5.99. The molecular formula is C19H16N4O3. The normalized spacial score (nSPS) is 15.8. The van der Waals surface area contributed by atoms with Gasteiger partial charge < -0.3 is 10.1 Å². The zero-order valence-electron chi connectivity index (χ0n) is 13.8. The SMILES string of the molecule is O=C1CC(C(=O)OCc2ncn(-c3ccccc3)n2)c2ccccc2N1. The number of aromatic nitrogens is 3. The van der Waals surface area contributed by atoms with E-state index in [-0.39, 0.29) is 18.9 Å². The molecule has 0 saturated heterocycles. The fourth-order valence-electron chi connectivity index (χ4n) is 2.93. The highest BCUT2D eigenvalue weighted by Gasteiger charge is 2.31. The van der Waals surface area contributed by atoms with Crippen LogP contribution in [0.4, 0.5) is 5.69 Å². The second kappa shape index (κ2) is 6.79. The van der Waals surface area contributed by atoms with Gasteiger partial charge in [-0.3, -0.25) is 9.59 Å². The highest BCUT2D eigenvalue weighted by Crippen LogP contribution is 2.32. The summed E-state index contributed by atoms with van der Waals surface area (Å²) in [5.74, 6) is -0.868. The fourth-order valence-corrected chi connectivity index (χ4v) is 2.93. The third-order valence-electron chi connectivity index (χ3n) is 4.19. The van der Waals surface area contributed by atoms with E-state index >= 15 is 0 Å². The van der Waals surface area contributed by atoms with Crippen LogP contribution in [0.25, 0.3) is 5.69 Å². The predicted octanol–water partition coefficient (Wildman–Crippen LogP) is 2.44. The van der Waals surface area contributed by atoms with Crippen LogP contribution in [0.5, 0.6) is 0 Å². The van der Waals surface area contributed by atoms with Crippen LogP contribution in [0.15, 0.2) is 60.9 Å². The van der Waals surface area contributed by atoms with E-state index in [0.29, 0.717) is 11.5 Å². The Morgan fingerprint density at radius 2 is 1.92 bits per heavy atom. The number of amides is 1. The number of carbonyl (C=O) groups is 2. The number of carbonyl (C=O) groups excluding carboxylic acids is 2. The van der Waals surface area contributed by atoms with Gasteiger partial charge in [-0.15, -0.1) is 5.10 Å². The molecule has 0 spiro atoms. The molecule has 1 aliphatic rings. The van der Waals surface area contributed by atoms with E-state index in [1.807, 2.05) is 48.5 Å². The second-order valence-electron chi connectivity index (χ2n) is 5.94. The largest absolute Gasteiger partial charge is 0.457 e. The Bertz CT molecular complexity index is 952. The van der Waals surface area contributed by atoms with Gasteiger partial charge in [0.25, 0.3) is 0 Å².